The fraction of sp³-hybridized carbons (Fsp3) is 0.889. The number of nitrogens with zero attached hydrogens (tertiary/aromatic N) is 3. The molecule has 0 unspecified atom stereocenters. The molecule has 0 aliphatic heterocycles. The summed E-state index contributed by atoms with van der Waals surface area (Å²) in [6, 6.07) is 0. The molecule has 0 saturated heterocycles. The Morgan fingerprint density at radius 2 is 2.29 bits per heavy atom. The van der Waals surface area contributed by atoms with Gasteiger partial charge < -0.3 is 4.74 Å². The molecular formula is C9H15N3O2. The molecule has 14 heavy (non-hydrogen) atoms. The Bertz CT molecular complexity index is 248. The van der Waals surface area contributed by atoms with Crippen molar-refractivity contribution in [2.75, 3.05) is 13.2 Å². The van der Waals surface area contributed by atoms with Crippen LogP contribution in [-0.2, 0) is 9.53 Å². The Kier molecular flexibility index (Phi) is 4.26. The van der Waals surface area contributed by atoms with Crippen LogP contribution in [0.3, 0.4) is 0 Å². The zero-order valence-corrected chi connectivity index (χ0v) is 8.35. The third kappa shape index (κ3) is 3.26. The molecule has 0 aromatic rings. The highest BCUT2D eigenvalue weighted by Crippen LogP contribution is 2.32. The van der Waals surface area contributed by atoms with Crippen molar-refractivity contribution in [2.45, 2.75) is 26.2 Å². The molecule has 1 aliphatic rings. The molecule has 2 atom stereocenters. The van der Waals surface area contributed by atoms with Crippen LogP contribution in [0.25, 0.3) is 10.4 Å². The molecule has 0 aromatic carbocycles. The van der Waals surface area contributed by atoms with Crippen molar-refractivity contribution < 1.29 is 9.53 Å². The second-order valence-corrected chi connectivity index (χ2v) is 3.67. The summed E-state index contributed by atoms with van der Waals surface area (Å²) < 4.78 is 4.96. The van der Waals surface area contributed by atoms with Crippen LogP contribution < -0.4 is 0 Å². The van der Waals surface area contributed by atoms with Gasteiger partial charge in [-0.2, -0.15) is 0 Å². The molecule has 5 nitrogen and oxygen atoms in total. The van der Waals surface area contributed by atoms with Crippen molar-refractivity contribution in [3.8, 4) is 0 Å². The minimum absolute atomic E-state index is 0.237. The van der Waals surface area contributed by atoms with E-state index in [4.69, 9.17) is 10.3 Å². The molecule has 5 heteroatoms. The third-order valence-corrected chi connectivity index (χ3v) is 2.70. The van der Waals surface area contributed by atoms with Crippen LogP contribution in [-0.4, -0.2) is 19.1 Å². The lowest BCUT2D eigenvalue weighted by molar-refractivity contribution is -0.142. The Morgan fingerprint density at radius 3 is 2.93 bits per heavy atom. The maximum atomic E-state index is 10.6. The maximum Gasteiger partial charge on any atom is 0.302 e. The molecule has 0 bridgehead atoms. The van der Waals surface area contributed by atoms with Crippen molar-refractivity contribution in [1.29, 1.82) is 0 Å². The fourth-order valence-electron chi connectivity index (χ4n) is 1.94. The SMILES string of the molecule is CC(=O)OC[C@H]1CCC[C@H]1CN=[N+]=[N-]. The van der Waals surface area contributed by atoms with Gasteiger partial charge in [-0.15, -0.1) is 0 Å². The molecule has 1 fully saturated rings. The third-order valence-electron chi connectivity index (χ3n) is 2.70. The number of azide groups is 1. The fourth-order valence-corrected chi connectivity index (χ4v) is 1.94. The van der Waals surface area contributed by atoms with E-state index in [0.717, 1.165) is 19.3 Å². The minimum Gasteiger partial charge on any atom is -0.466 e. The quantitative estimate of drug-likeness (QED) is 0.300. The first-order valence-electron chi connectivity index (χ1n) is 4.88. The largest absolute Gasteiger partial charge is 0.466 e. The number of hydrogen-bond acceptors (Lipinski definition) is 3. The van der Waals surface area contributed by atoms with Crippen LogP contribution >= 0.6 is 0 Å². The molecule has 1 aliphatic carbocycles. The van der Waals surface area contributed by atoms with Crippen LogP contribution in [0.1, 0.15) is 26.2 Å². The van der Waals surface area contributed by atoms with E-state index in [1.54, 1.807) is 0 Å². The number of ether oxygens (including phenoxy) is 1. The first-order valence-corrected chi connectivity index (χ1v) is 4.88. The normalized spacial score (nSPS) is 25.5. The van der Waals surface area contributed by atoms with E-state index < -0.39 is 0 Å². The summed E-state index contributed by atoms with van der Waals surface area (Å²) in [4.78, 5) is 13.4. The minimum atomic E-state index is -0.237. The van der Waals surface area contributed by atoms with Crippen molar-refractivity contribution in [1.82, 2.24) is 0 Å². The van der Waals surface area contributed by atoms with Crippen LogP contribution in [0.2, 0.25) is 0 Å². The first-order chi connectivity index (χ1) is 6.74. The van der Waals surface area contributed by atoms with Crippen molar-refractivity contribution in [3.63, 3.8) is 0 Å². The Balaban J connectivity index is 2.34. The van der Waals surface area contributed by atoms with Gasteiger partial charge in [-0.05, 0) is 30.2 Å². The molecule has 0 spiro atoms. The van der Waals surface area contributed by atoms with Crippen molar-refractivity contribution >= 4 is 5.97 Å². The lowest BCUT2D eigenvalue weighted by Crippen LogP contribution is -2.18. The smallest absolute Gasteiger partial charge is 0.302 e. The van der Waals surface area contributed by atoms with Gasteiger partial charge in [0.15, 0.2) is 0 Å². The summed E-state index contributed by atoms with van der Waals surface area (Å²) in [5.41, 5.74) is 8.20. The summed E-state index contributed by atoms with van der Waals surface area (Å²) in [5, 5.41) is 3.57. The maximum absolute atomic E-state index is 10.6. The second-order valence-electron chi connectivity index (χ2n) is 3.67. The number of esters is 1. The monoisotopic (exact) mass is 197 g/mol. The number of hydrogen-bond donors (Lipinski definition) is 0. The van der Waals surface area contributed by atoms with Gasteiger partial charge in [0.05, 0.1) is 6.61 Å². The summed E-state index contributed by atoms with van der Waals surface area (Å²) in [7, 11) is 0. The zero-order valence-electron chi connectivity index (χ0n) is 8.35. The van der Waals surface area contributed by atoms with Gasteiger partial charge in [-0.1, -0.05) is 11.5 Å². The van der Waals surface area contributed by atoms with E-state index in [9.17, 15) is 4.79 Å². The lowest BCUT2D eigenvalue weighted by Gasteiger charge is -2.16. The average Bonchev–Trinajstić information content (AvgIpc) is 2.58. The summed E-state index contributed by atoms with van der Waals surface area (Å²) in [5.74, 6) is 0.536. The summed E-state index contributed by atoms with van der Waals surface area (Å²) >= 11 is 0. The molecule has 1 rings (SSSR count). The molecule has 0 amide bonds. The van der Waals surface area contributed by atoms with Gasteiger partial charge in [-0.25, -0.2) is 0 Å². The van der Waals surface area contributed by atoms with Gasteiger partial charge in [0, 0.05) is 18.4 Å². The van der Waals surface area contributed by atoms with Gasteiger partial charge in [0.25, 0.3) is 0 Å². The summed E-state index contributed by atoms with van der Waals surface area (Å²) in [6.45, 7) is 2.42. The van der Waals surface area contributed by atoms with Crippen LogP contribution in [0.5, 0.6) is 0 Å². The van der Waals surface area contributed by atoms with Gasteiger partial charge in [-0.3, -0.25) is 4.79 Å². The first kappa shape index (κ1) is 10.9. The zero-order chi connectivity index (χ0) is 10.4. The highest BCUT2D eigenvalue weighted by molar-refractivity contribution is 5.65. The van der Waals surface area contributed by atoms with E-state index in [1.807, 2.05) is 0 Å². The van der Waals surface area contributed by atoms with Crippen LogP contribution in [0.15, 0.2) is 5.11 Å². The second kappa shape index (κ2) is 5.50. The van der Waals surface area contributed by atoms with E-state index in [1.165, 1.54) is 6.92 Å². The van der Waals surface area contributed by atoms with E-state index >= 15 is 0 Å². The molecule has 0 radical (unpaired) electrons. The van der Waals surface area contributed by atoms with Crippen molar-refractivity contribution in [2.24, 2.45) is 17.0 Å². The van der Waals surface area contributed by atoms with Crippen LogP contribution in [0.4, 0.5) is 0 Å². The van der Waals surface area contributed by atoms with Crippen LogP contribution in [0, 0.1) is 11.8 Å². The van der Waals surface area contributed by atoms with Gasteiger partial charge >= 0.3 is 5.97 Å². The highest BCUT2D eigenvalue weighted by Gasteiger charge is 2.27. The Labute approximate surface area is 83.1 Å². The molecule has 1 saturated carbocycles. The average molecular weight is 197 g/mol. The molecule has 0 heterocycles. The number of carbonyl (C=O) groups excluding carboxylic acids is 1. The molecule has 0 aromatic heterocycles. The highest BCUT2D eigenvalue weighted by atomic mass is 16.5. The number of rotatable bonds is 4. The predicted molar refractivity (Wildman–Crippen MR) is 51.5 cm³/mol. The van der Waals surface area contributed by atoms with E-state index in [-0.39, 0.29) is 5.97 Å². The lowest BCUT2D eigenvalue weighted by atomic mass is 9.97. The Morgan fingerprint density at radius 1 is 1.57 bits per heavy atom. The molecular weight excluding hydrogens is 182 g/mol. The van der Waals surface area contributed by atoms with Crippen molar-refractivity contribution in [3.05, 3.63) is 10.4 Å². The standard InChI is InChI=1S/C9H15N3O2/c1-7(13)14-6-9-4-2-3-8(9)5-11-12-10/h8-9H,2-6H2,1H3/t8-,9+/m0/s1. The van der Waals surface area contributed by atoms with Gasteiger partial charge in [0.1, 0.15) is 0 Å². The molecule has 0 N–H and O–H groups in total. The van der Waals surface area contributed by atoms with Gasteiger partial charge in [0.2, 0.25) is 0 Å². The van der Waals surface area contributed by atoms with E-state index in [2.05, 4.69) is 10.0 Å². The predicted octanol–water partition coefficient (Wildman–Crippen LogP) is 2.28. The van der Waals surface area contributed by atoms with E-state index in [0.29, 0.717) is 25.0 Å². The summed E-state index contributed by atoms with van der Waals surface area (Å²) in [6.07, 6.45) is 3.28. The molecule has 78 valence electrons. The number of carbonyl (C=O) groups is 1. The topological polar surface area (TPSA) is 75.1 Å². The Hall–Kier alpha value is -1.22.